The van der Waals surface area contributed by atoms with Crippen LogP contribution in [0.15, 0.2) is 47.1 Å². The molecule has 12 heteroatoms. The lowest BCUT2D eigenvalue weighted by Gasteiger charge is -2.36. The minimum Gasteiger partial charge on any atom is -0.466 e. The van der Waals surface area contributed by atoms with Crippen LogP contribution in [0, 0.1) is 0 Å². The van der Waals surface area contributed by atoms with Gasteiger partial charge in [-0.25, -0.2) is 9.59 Å². The number of nitrogens with two attached hydrogens (primary N) is 1. The molecule has 0 saturated heterocycles. The van der Waals surface area contributed by atoms with E-state index >= 15 is 0 Å². The van der Waals surface area contributed by atoms with E-state index in [4.69, 9.17) is 29.4 Å². The van der Waals surface area contributed by atoms with Crippen LogP contribution in [-0.2, 0) is 53.1 Å². The summed E-state index contributed by atoms with van der Waals surface area (Å²) in [5.74, 6) is -5.28. The van der Waals surface area contributed by atoms with Gasteiger partial charge in [0.2, 0.25) is 11.8 Å². The summed E-state index contributed by atoms with van der Waals surface area (Å²) in [6, 6.07) is 6.26. The fourth-order valence-electron chi connectivity index (χ4n) is 4.58. The lowest BCUT2D eigenvalue weighted by Crippen LogP contribution is -2.52. The number of anilines is 1. The first-order chi connectivity index (χ1) is 18.2. The van der Waals surface area contributed by atoms with E-state index < -0.39 is 65.2 Å². The van der Waals surface area contributed by atoms with Crippen molar-refractivity contribution in [3.05, 3.63) is 52.6 Å². The normalized spacial score (nSPS) is 18.2. The monoisotopic (exact) mass is 530 g/mol. The number of fused-ring (bicyclic) bond motifs is 2. The van der Waals surface area contributed by atoms with Gasteiger partial charge >= 0.3 is 23.9 Å². The number of amides is 1. The molecule has 12 nitrogen and oxygen atoms in total. The number of hydrogen-bond donors (Lipinski definition) is 1. The molecule has 38 heavy (non-hydrogen) atoms. The Morgan fingerprint density at radius 2 is 1.39 bits per heavy atom. The molecule has 0 radical (unpaired) electrons. The Balaban J connectivity index is 2.41. The fraction of sp³-hybridized carbons (Fsp3) is 0.423. The van der Waals surface area contributed by atoms with Crippen molar-refractivity contribution >= 4 is 35.5 Å². The predicted octanol–water partition coefficient (Wildman–Crippen LogP) is 1.37. The quantitative estimate of drug-likeness (QED) is 0.344. The summed E-state index contributed by atoms with van der Waals surface area (Å²) in [6.07, 6.45) is -0.589. The molecule has 0 bridgehead atoms. The molecule has 0 aliphatic carbocycles. The van der Waals surface area contributed by atoms with E-state index in [9.17, 15) is 24.0 Å². The molecule has 3 rings (SSSR count). The van der Waals surface area contributed by atoms with Gasteiger partial charge in [-0.2, -0.15) is 0 Å². The second-order valence-electron chi connectivity index (χ2n) is 8.03. The van der Waals surface area contributed by atoms with Crippen LogP contribution in [0.1, 0.15) is 39.7 Å². The molecular weight excluding hydrogens is 500 g/mol. The van der Waals surface area contributed by atoms with E-state index in [1.54, 1.807) is 45.9 Å². The third-order valence-electron chi connectivity index (χ3n) is 5.84. The highest BCUT2D eigenvalue weighted by atomic mass is 16.6. The van der Waals surface area contributed by atoms with Gasteiger partial charge in [-0.3, -0.25) is 19.3 Å². The van der Waals surface area contributed by atoms with Crippen molar-refractivity contribution in [3.63, 3.8) is 0 Å². The van der Waals surface area contributed by atoms with Gasteiger partial charge in [-0.15, -0.1) is 0 Å². The number of rotatable bonds is 10. The van der Waals surface area contributed by atoms with E-state index in [0.29, 0.717) is 0 Å². The summed E-state index contributed by atoms with van der Waals surface area (Å²) in [5.41, 5.74) is 3.42. The minimum absolute atomic E-state index is 0.0421. The van der Waals surface area contributed by atoms with Gasteiger partial charge in [0.1, 0.15) is 35.3 Å². The molecule has 0 aromatic heterocycles. The zero-order valence-corrected chi connectivity index (χ0v) is 21.7. The smallest absolute Gasteiger partial charge is 0.341 e. The number of carbonyl (C=O) groups is 5. The van der Waals surface area contributed by atoms with Crippen molar-refractivity contribution in [1.82, 2.24) is 0 Å². The second kappa shape index (κ2) is 11.8. The van der Waals surface area contributed by atoms with Crippen molar-refractivity contribution in [2.24, 2.45) is 5.73 Å². The maximum absolute atomic E-state index is 14.4. The summed E-state index contributed by atoms with van der Waals surface area (Å²) < 4.78 is 26.2. The Morgan fingerprint density at radius 1 is 0.842 bits per heavy atom. The van der Waals surface area contributed by atoms with Crippen LogP contribution in [0.2, 0.25) is 0 Å². The standard InChI is InChI=1S/C26H30N2O10/c1-5-34-18(29)13-17-20(23(31)36-7-3)26(21(22(27)38-17)24(32)37-8-4)15-11-9-10-12-16(15)28(25(26)33)14-19(30)35-6-2/h9-12H,5-8,13-14,27H2,1-4H3/t26-/m0/s1. The van der Waals surface area contributed by atoms with Gasteiger partial charge in [-0.1, -0.05) is 18.2 Å². The SMILES string of the molecule is CCOC(=O)CC1=C(C(=O)OCC)[C@]2(C(=O)N(CC(=O)OCC)c3ccccc32)C(C(=O)OCC)=C(N)O1. The van der Waals surface area contributed by atoms with Crippen LogP contribution in [0.4, 0.5) is 5.69 Å². The molecule has 1 amide bonds. The van der Waals surface area contributed by atoms with E-state index in [1.807, 2.05) is 0 Å². The Bertz CT molecular complexity index is 1220. The zero-order valence-electron chi connectivity index (χ0n) is 21.7. The van der Waals surface area contributed by atoms with Gasteiger partial charge in [-0.05, 0) is 33.8 Å². The van der Waals surface area contributed by atoms with Crippen molar-refractivity contribution < 1.29 is 47.7 Å². The maximum Gasteiger partial charge on any atom is 0.341 e. The molecule has 1 spiro atoms. The van der Waals surface area contributed by atoms with Crippen LogP contribution in [0.5, 0.6) is 0 Å². The van der Waals surface area contributed by atoms with E-state index in [0.717, 1.165) is 4.90 Å². The number of benzene rings is 1. The summed E-state index contributed by atoms with van der Waals surface area (Å²) >= 11 is 0. The number of carbonyl (C=O) groups excluding carboxylic acids is 5. The highest BCUT2D eigenvalue weighted by molar-refractivity contribution is 6.23. The van der Waals surface area contributed by atoms with Gasteiger partial charge in [0.15, 0.2) is 0 Å². The molecule has 2 aliphatic heterocycles. The first kappa shape index (κ1) is 28.2. The third-order valence-corrected chi connectivity index (χ3v) is 5.84. The van der Waals surface area contributed by atoms with Gasteiger partial charge < -0.3 is 29.4 Å². The Kier molecular flexibility index (Phi) is 8.76. The summed E-state index contributed by atoms with van der Waals surface area (Å²) in [7, 11) is 0. The number of nitrogens with zero attached hydrogens (tertiary/aromatic N) is 1. The second-order valence-corrected chi connectivity index (χ2v) is 8.03. The largest absolute Gasteiger partial charge is 0.466 e. The Morgan fingerprint density at radius 3 is 2.00 bits per heavy atom. The first-order valence-corrected chi connectivity index (χ1v) is 12.2. The Labute approximate surface area is 219 Å². The molecule has 0 unspecified atom stereocenters. The Hall–Kier alpha value is -4.35. The molecule has 204 valence electrons. The molecule has 1 atom stereocenters. The number of ether oxygens (including phenoxy) is 5. The predicted molar refractivity (Wildman–Crippen MR) is 131 cm³/mol. The molecule has 2 heterocycles. The zero-order chi connectivity index (χ0) is 28.0. The van der Waals surface area contributed by atoms with Gasteiger partial charge in [0.05, 0.1) is 26.4 Å². The van der Waals surface area contributed by atoms with Crippen molar-refractivity contribution in [2.45, 2.75) is 39.5 Å². The van der Waals surface area contributed by atoms with Crippen LogP contribution >= 0.6 is 0 Å². The molecule has 2 aliphatic rings. The van der Waals surface area contributed by atoms with E-state index in [-0.39, 0.29) is 43.4 Å². The van der Waals surface area contributed by atoms with Crippen molar-refractivity contribution in [2.75, 3.05) is 37.9 Å². The maximum atomic E-state index is 14.4. The molecule has 1 aromatic rings. The number of hydrogen-bond acceptors (Lipinski definition) is 11. The number of esters is 4. The van der Waals surface area contributed by atoms with Crippen LogP contribution in [0.25, 0.3) is 0 Å². The minimum atomic E-state index is -2.24. The van der Waals surface area contributed by atoms with Crippen molar-refractivity contribution in [3.8, 4) is 0 Å². The topological polar surface area (TPSA) is 161 Å². The molecule has 1 aromatic carbocycles. The highest BCUT2D eigenvalue weighted by Crippen LogP contribution is 2.55. The fourth-order valence-corrected chi connectivity index (χ4v) is 4.58. The van der Waals surface area contributed by atoms with E-state index in [1.165, 1.54) is 6.07 Å². The lowest BCUT2D eigenvalue weighted by molar-refractivity contribution is -0.144. The van der Waals surface area contributed by atoms with Crippen molar-refractivity contribution in [1.29, 1.82) is 0 Å². The summed E-state index contributed by atoms with van der Waals surface area (Å²) in [6.45, 7) is 5.72. The van der Waals surface area contributed by atoms with Gasteiger partial charge in [0.25, 0.3) is 0 Å². The average molecular weight is 531 g/mol. The molecule has 0 fully saturated rings. The highest BCUT2D eigenvalue weighted by Gasteiger charge is 2.64. The average Bonchev–Trinajstić information content (AvgIpc) is 3.08. The molecule has 2 N–H and O–H groups in total. The first-order valence-electron chi connectivity index (χ1n) is 12.2. The van der Waals surface area contributed by atoms with Crippen LogP contribution in [0.3, 0.4) is 0 Å². The molecular formula is C26H30N2O10. The lowest BCUT2D eigenvalue weighted by atomic mass is 9.67. The molecule has 0 saturated carbocycles. The van der Waals surface area contributed by atoms with Crippen LogP contribution in [-0.4, -0.2) is 62.8 Å². The summed E-state index contributed by atoms with van der Waals surface area (Å²) in [5, 5.41) is 0. The number of para-hydroxylation sites is 1. The van der Waals surface area contributed by atoms with Crippen LogP contribution < -0.4 is 10.6 Å². The van der Waals surface area contributed by atoms with E-state index in [2.05, 4.69) is 0 Å². The van der Waals surface area contributed by atoms with Gasteiger partial charge in [0, 0.05) is 11.3 Å². The third kappa shape index (κ3) is 4.81. The summed E-state index contributed by atoms with van der Waals surface area (Å²) in [4.78, 5) is 67.4.